The molecule has 0 saturated carbocycles. The lowest BCUT2D eigenvalue weighted by Gasteiger charge is -2.07. The van der Waals surface area contributed by atoms with Crippen molar-refractivity contribution in [1.29, 1.82) is 0 Å². The van der Waals surface area contributed by atoms with Crippen LogP contribution in [0.1, 0.15) is 5.69 Å². The Bertz CT molecular complexity index is 490. The summed E-state index contributed by atoms with van der Waals surface area (Å²) in [4.78, 5) is 0. The molecule has 80 valence electrons. The first kappa shape index (κ1) is 9.82. The highest BCUT2D eigenvalue weighted by Gasteiger charge is 2.31. The molecular weight excluding hydrogens is 209 g/mol. The standard InChI is InChI=1S/C9H7F3N2O/c1-5-7-3-2-6(15-9(10,11)12)4-8(7)14-13-5/h2-4H,1H3,(H,13,14). The van der Waals surface area contributed by atoms with Crippen molar-refractivity contribution in [3.63, 3.8) is 0 Å². The summed E-state index contributed by atoms with van der Waals surface area (Å²) in [6.07, 6.45) is -4.67. The van der Waals surface area contributed by atoms with E-state index in [9.17, 15) is 13.2 Å². The molecule has 1 aromatic carbocycles. The van der Waals surface area contributed by atoms with E-state index < -0.39 is 6.36 Å². The molecule has 0 unspecified atom stereocenters. The molecule has 6 heteroatoms. The maximum absolute atomic E-state index is 11.9. The molecule has 0 aliphatic carbocycles. The van der Waals surface area contributed by atoms with Crippen LogP contribution in [0.3, 0.4) is 0 Å². The lowest BCUT2D eigenvalue weighted by Crippen LogP contribution is -2.16. The lowest BCUT2D eigenvalue weighted by molar-refractivity contribution is -0.274. The van der Waals surface area contributed by atoms with Crippen molar-refractivity contribution in [2.24, 2.45) is 0 Å². The lowest BCUT2D eigenvalue weighted by atomic mass is 10.2. The average Bonchev–Trinajstić information content (AvgIpc) is 2.45. The van der Waals surface area contributed by atoms with E-state index in [1.165, 1.54) is 18.2 Å². The molecule has 2 aromatic rings. The Hall–Kier alpha value is -1.72. The van der Waals surface area contributed by atoms with Gasteiger partial charge in [-0.05, 0) is 19.1 Å². The third kappa shape index (κ3) is 2.03. The fourth-order valence-corrected chi connectivity index (χ4v) is 1.32. The van der Waals surface area contributed by atoms with Gasteiger partial charge in [-0.15, -0.1) is 13.2 Å². The Morgan fingerprint density at radius 3 is 2.73 bits per heavy atom. The number of halogens is 3. The molecule has 0 bridgehead atoms. The van der Waals surface area contributed by atoms with E-state index in [4.69, 9.17) is 0 Å². The van der Waals surface area contributed by atoms with Crippen molar-refractivity contribution in [2.45, 2.75) is 13.3 Å². The molecule has 0 spiro atoms. The highest BCUT2D eigenvalue weighted by atomic mass is 19.4. The Morgan fingerprint density at radius 2 is 2.07 bits per heavy atom. The first-order valence-electron chi connectivity index (χ1n) is 4.16. The van der Waals surface area contributed by atoms with Gasteiger partial charge in [0.05, 0.1) is 5.52 Å². The number of rotatable bonds is 1. The Balaban J connectivity index is 2.39. The summed E-state index contributed by atoms with van der Waals surface area (Å²) in [5.74, 6) is -0.262. The van der Waals surface area contributed by atoms with Gasteiger partial charge < -0.3 is 4.74 Å². The fraction of sp³-hybridized carbons (Fsp3) is 0.222. The van der Waals surface area contributed by atoms with Crippen LogP contribution in [0.4, 0.5) is 13.2 Å². The molecule has 1 heterocycles. The highest BCUT2D eigenvalue weighted by molar-refractivity contribution is 5.82. The number of nitrogens with zero attached hydrogens (tertiary/aromatic N) is 1. The minimum absolute atomic E-state index is 0.262. The number of aryl methyl sites for hydroxylation is 1. The molecule has 0 fully saturated rings. The predicted octanol–water partition coefficient (Wildman–Crippen LogP) is 2.77. The van der Waals surface area contributed by atoms with E-state index >= 15 is 0 Å². The van der Waals surface area contributed by atoms with E-state index in [0.29, 0.717) is 5.52 Å². The Labute approximate surface area is 82.9 Å². The van der Waals surface area contributed by atoms with Crippen LogP contribution in [0.15, 0.2) is 18.2 Å². The zero-order valence-corrected chi connectivity index (χ0v) is 7.72. The number of hydrogen-bond acceptors (Lipinski definition) is 2. The molecule has 0 aliphatic heterocycles. The number of hydrogen-bond donors (Lipinski definition) is 1. The van der Waals surface area contributed by atoms with Gasteiger partial charge in [0.2, 0.25) is 0 Å². The number of H-pyrrole nitrogens is 1. The van der Waals surface area contributed by atoms with Crippen molar-refractivity contribution >= 4 is 10.9 Å². The quantitative estimate of drug-likeness (QED) is 0.795. The van der Waals surface area contributed by atoms with Crippen LogP contribution >= 0.6 is 0 Å². The van der Waals surface area contributed by atoms with E-state index in [2.05, 4.69) is 14.9 Å². The van der Waals surface area contributed by atoms with Crippen LogP contribution < -0.4 is 4.74 Å². The second-order valence-electron chi connectivity index (χ2n) is 3.08. The largest absolute Gasteiger partial charge is 0.573 e. The summed E-state index contributed by atoms with van der Waals surface area (Å²) in [6.45, 7) is 1.79. The first-order chi connectivity index (χ1) is 6.96. The van der Waals surface area contributed by atoms with Crippen molar-refractivity contribution in [1.82, 2.24) is 10.2 Å². The number of aromatic nitrogens is 2. The zero-order chi connectivity index (χ0) is 11.1. The third-order valence-corrected chi connectivity index (χ3v) is 1.95. The van der Waals surface area contributed by atoms with Crippen molar-refractivity contribution in [3.8, 4) is 5.75 Å². The van der Waals surface area contributed by atoms with Crippen molar-refractivity contribution in [3.05, 3.63) is 23.9 Å². The molecule has 15 heavy (non-hydrogen) atoms. The third-order valence-electron chi connectivity index (χ3n) is 1.95. The summed E-state index contributed by atoms with van der Waals surface area (Å²) in [5.41, 5.74) is 1.26. The Kier molecular flexibility index (Phi) is 2.06. The van der Waals surface area contributed by atoms with Gasteiger partial charge in [0.15, 0.2) is 0 Å². The molecule has 0 atom stereocenters. The van der Waals surface area contributed by atoms with E-state index in [1.807, 2.05) is 0 Å². The number of alkyl halides is 3. The number of aromatic amines is 1. The molecule has 1 N–H and O–H groups in total. The van der Waals surface area contributed by atoms with E-state index in [1.54, 1.807) is 6.92 Å². The van der Waals surface area contributed by atoms with Crippen LogP contribution in [0, 0.1) is 6.92 Å². The second-order valence-corrected chi connectivity index (χ2v) is 3.08. The van der Waals surface area contributed by atoms with Crippen LogP contribution in [-0.4, -0.2) is 16.6 Å². The van der Waals surface area contributed by atoms with E-state index in [-0.39, 0.29) is 5.75 Å². The predicted molar refractivity (Wildman–Crippen MR) is 47.5 cm³/mol. The van der Waals surface area contributed by atoms with Crippen LogP contribution in [-0.2, 0) is 0 Å². The summed E-state index contributed by atoms with van der Waals surface area (Å²) in [7, 11) is 0. The maximum atomic E-state index is 11.9. The SMILES string of the molecule is Cc1[nH]nc2cc(OC(F)(F)F)ccc12. The van der Waals surface area contributed by atoms with Gasteiger partial charge in [-0.25, -0.2) is 0 Å². The summed E-state index contributed by atoms with van der Waals surface area (Å²) in [5, 5.41) is 7.30. The van der Waals surface area contributed by atoms with Gasteiger partial charge >= 0.3 is 6.36 Å². The first-order valence-corrected chi connectivity index (χ1v) is 4.16. The van der Waals surface area contributed by atoms with Crippen LogP contribution in [0.25, 0.3) is 10.9 Å². The summed E-state index contributed by atoms with van der Waals surface area (Å²) < 4.78 is 39.5. The molecule has 3 nitrogen and oxygen atoms in total. The zero-order valence-electron chi connectivity index (χ0n) is 7.72. The topological polar surface area (TPSA) is 37.9 Å². The van der Waals surface area contributed by atoms with Gasteiger partial charge in [-0.1, -0.05) is 0 Å². The van der Waals surface area contributed by atoms with Gasteiger partial charge in [-0.3, -0.25) is 5.10 Å². The molecule has 0 radical (unpaired) electrons. The van der Waals surface area contributed by atoms with Crippen molar-refractivity contribution < 1.29 is 17.9 Å². The number of nitrogens with one attached hydrogen (secondary N) is 1. The molecule has 2 rings (SSSR count). The number of fused-ring (bicyclic) bond motifs is 1. The number of benzene rings is 1. The van der Waals surface area contributed by atoms with Gasteiger partial charge in [0.1, 0.15) is 5.75 Å². The molecule has 0 saturated heterocycles. The smallest absolute Gasteiger partial charge is 0.406 e. The molecular formula is C9H7F3N2O. The average molecular weight is 216 g/mol. The fourth-order valence-electron chi connectivity index (χ4n) is 1.32. The van der Waals surface area contributed by atoms with Gasteiger partial charge in [0.25, 0.3) is 0 Å². The minimum atomic E-state index is -4.67. The van der Waals surface area contributed by atoms with Gasteiger partial charge in [0, 0.05) is 17.1 Å². The molecule has 0 amide bonds. The van der Waals surface area contributed by atoms with Gasteiger partial charge in [-0.2, -0.15) is 5.10 Å². The highest BCUT2D eigenvalue weighted by Crippen LogP contribution is 2.26. The van der Waals surface area contributed by atoms with Crippen LogP contribution in [0.5, 0.6) is 5.75 Å². The maximum Gasteiger partial charge on any atom is 0.573 e. The van der Waals surface area contributed by atoms with E-state index in [0.717, 1.165) is 11.1 Å². The molecule has 0 aliphatic rings. The summed E-state index contributed by atoms with van der Waals surface area (Å²) in [6, 6.07) is 4.04. The molecule has 1 aromatic heterocycles. The summed E-state index contributed by atoms with van der Waals surface area (Å²) >= 11 is 0. The normalized spacial score (nSPS) is 12.0. The van der Waals surface area contributed by atoms with Crippen molar-refractivity contribution in [2.75, 3.05) is 0 Å². The number of ether oxygens (including phenoxy) is 1. The Morgan fingerprint density at radius 1 is 1.33 bits per heavy atom. The monoisotopic (exact) mass is 216 g/mol. The minimum Gasteiger partial charge on any atom is -0.406 e. The van der Waals surface area contributed by atoms with Crippen LogP contribution in [0.2, 0.25) is 0 Å². The second kappa shape index (κ2) is 3.15.